The summed E-state index contributed by atoms with van der Waals surface area (Å²) in [6, 6.07) is 4.05. The zero-order chi connectivity index (χ0) is 10.8. The Hall–Kier alpha value is -1.78. The number of methoxy groups -OCH3 is 1. The number of anilines is 1. The zero-order valence-electron chi connectivity index (χ0n) is 8.20. The van der Waals surface area contributed by atoms with Gasteiger partial charge in [-0.3, -0.25) is 4.90 Å². The van der Waals surface area contributed by atoms with E-state index in [2.05, 4.69) is 4.74 Å². The number of halogens is 1. The molecule has 0 spiro atoms. The standard InChI is InChI=1S/C10H10FNO3/c1-14-10(13)12-4-5-15-9-3-2-7(11)6-8(9)12/h2-3,6H,4-5H2,1H3. The van der Waals surface area contributed by atoms with Crippen LogP contribution in [-0.4, -0.2) is 26.4 Å². The Morgan fingerprint density at radius 3 is 3.13 bits per heavy atom. The molecule has 0 aromatic heterocycles. The van der Waals surface area contributed by atoms with Crippen LogP contribution in [0.3, 0.4) is 0 Å². The molecule has 0 bridgehead atoms. The van der Waals surface area contributed by atoms with Crippen LogP contribution in [0, 0.1) is 5.82 Å². The van der Waals surface area contributed by atoms with E-state index in [1.54, 1.807) is 0 Å². The first-order chi connectivity index (χ1) is 7.22. The molecular weight excluding hydrogens is 201 g/mol. The van der Waals surface area contributed by atoms with Crippen molar-refractivity contribution < 1.29 is 18.7 Å². The van der Waals surface area contributed by atoms with Gasteiger partial charge in [0.15, 0.2) is 0 Å². The molecule has 0 atom stereocenters. The molecule has 1 heterocycles. The van der Waals surface area contributed by atoms with Crippen LogP contribution in [0.2, 0.25) is 0 Å². The summed E-state index contributed by atoms with van der Waals surface area (Å²) in [6.07, 6.45) is -0.509. The molecule has 0 aliphatic carbocycles. The van der Waals surface area contributed by atoms with Crippen molar-refractivity contribution in [1.29, 1.82) is 0 Å². The van der Waals surface area contributed by atoms with Crippen LogP contribution in [0.1, 0.15) is 0 Å². The van der Waals surface area contributed by atoms with Crippen LogP contribution in [0.25, 0.3) is 0 Å². The minimum atomic E-state index is -0.509. The molecule has 0 fully saturated rings. The predicted molar refractivity (Wildman–Crippen MR) is 51.6 cm³/mol. The number of amides is 1. The lowest BCUT2D eigenvalue weighted by atomic mass is 10.2. The number of rotatable bonds is 0. The first kappa shape index (κ1) is 9.76. The van der Waals surface area contributed by atoms with Gasteiger partial charge in [-0.15, -0.1) is 0 Å². The molecule has 1 aliphatic heterocycles. The maximum absolute atomic E-state index is 13.0. The highest BCUT2D eigenvalue weighted by atomic mass is 19.1. The number of ether oxygens (including phenoxy) is 2. The monoisotopic (exact) mass is 211 g/mol. The van der Waals surface area contributed by atoms with Gasteiger partial charge in [0.1, 0.15) is 18.2 Å². The first-order valence-electron chi connectivity index (χ1n) is 4.50. The van der Waals surface area contributed by atoms with E-state index < -0.39 is 11.9 Å². The van der Waals surface area contributed by atoms with E-state index in [4.69, 9.17) is 4.74 Å². The predicted octanol–water partition coefficient (Wildman–Crippen LogP) is 1.79. The summed E-state index contributed by atoms with van der Waals surface area (Å²) < 4.78 is 22.9. The molecule has 15 heavy (non-hydrogen) atoms. The van der Waals surface area contributed by atoms with E-state index in [1.165, 1.54) is 30.2 Å². The van der Waals surface area contributed by atoms with Gasteiger partial charge in [-0.1, -0.05) is 0 Å². The van der Waals surface area contributed by atoms with Crippen LogP contribution in [-0.2, 0) is 4.74 Å². The molecule has 0 saturated carbocycles. The average Bonchev–Trinajstić information content (AvgIpc) is 2.27. The van der Waals surface area contributed by atoms with Crippen molar-refractivity contribution in [2.75, 3.05) is 25.2 Å². The fraction of sp³-hybridized carbons (Fsp3) is 0.300. The topological polar surface area (TPSA) is 38.8 Å². The van der Waals surface area contributed by atoms with Crippen molar-refractivity contribution in [2.45, 2.75) is 0 Å². The Morgan fingerprint density at radius 1 is 1.60 bits per heavy atom. The number of hydrogen-bond donors (Lipinski definition) is 0. The Labute approximate surface area is 86.2 Å². The maximum atomic E-state index is 13.0. The molecule has 1 aliphatic rings. The molecule has 0 radical (unpaired) electrons. The lowest BCUT2D eigenvalue weighted by Crippen LogP contribution is -2.37. The Kier molecular flexibility index (Phi) is 2.45. The number of carbonyl (C=O) groups excluding carboxylic acids is 1. The van der Waals surface area contributed by atoms with Gasteiger partial charge in [0.05, 0.1) is 19.3 Å². The van der Waals surface area contributed by atoms with Crippen molar-refractivity contribution in [3.05, 3.63) is 24.0 Å². The minimum absolute atomic E-state index is 0.364. The second kappa shape index (κ2) is 3.76. The van der Waals surface area contributed by atoms with Gasteiger partial charge in [-0.25, -0.2) is 9.18 Å². The largest absolute Gasteiger partial charge is 0.490 e. The zero-order valence-corrected chi connectivity index (χ0v) is 8.20. The van der Waals surface area contributed by atoms with Gasteiger partial charge in [0.25, 0.3) is 0 Å². The molecular formula is C10H10FNO3. The lowest BCUT2D eigenvalue weighted by molar-refractivity contribution is 0.174. The third-order valence-electron chi connectivity index (χ3n) is 2.18. The maximum Gasteiger partial charge on any atom is 0.414 e. The van der Waals surface area contributed by atoms with Crippen LogP contribution in [0.5, 0.6) is 5.75 Å². The molecule has 2 rings (SSSR count). The summed E-state index contributed by atoms with van der Waals surface area (Å²) in [4.78, 5) is 12.7. The van der Waals surface area contributed by atoms with E-state index in [-0.39, 0.29) is 0 Å². The highest BCUT2D eigenvalue weighted by molar-refractivity contribution is 5.90. The van der Waals surface area contributed by atoms with E-state index in [1.807, 2.05) is 0 Å². The van der Waals surface area contributed by atoms with Gasteiger partial charge < -0.3 is 9.47 Å². The summed E-state index contributed by atoms with van der Waals surface area (Å²) in [5.74, 6) is 0.0844. The number of carbonyl (C=O) groups is 1. The molecule has 1 amide bonds. The molecule has 5 heteroatoms. The van der Waals surface area contributed by atoms with E-state index in [9.17, 15) is 9.18 Å². The van der Waals surface area contributed by atoms with E-state index >= 15 is 0 Å². The average molecular weight is 211 g/mol. The molecule has 0 N–H and O–H groups in total. The normalized spacial score (nSPS) is 14.1. The molecule has 0 unspecified atom stereocenters. The SMILES string of the molecule is COC(=O)N1CCOc2ccc(F)cc21. The minimum Gasteiger partial charge on any atom is -0.490 e. The van der Waals surface area contributed by atoms with Gasteiger partial charge in [0, 0.05) is 6.07 Å². The molecule has 0 saturated heterocycles. The number of fused-ring (bicyclic) bond motifs is 1. The quantitative estimate of drug-likeness (QED) is 0.656. The first-order valence-corrected chi connectivity index (χ1v) is 4.50. The van der Waals surface area contributed by atoms with Crippen molar-refractivity contribution >= 4 is 11.8 Å². The summed E-state index contributed by atoms with van der Waals surface area (Å²) in [6.45, 7) is 0.747. The second-order valence-electron chi connectivity index (χ2n) is 3.08. The molecule has 80 valence electrons. The van der Waals surface area contributed by atoms with Gasteiger partial charge >= 0.3 is 6.09 Å². The fourth-order valence-electron chi connectivity index (χ4n) is 1.49. The number of benzene rings is 1. The van der Waals surface area contributed by atoms with Gasteiger partial charge in [-0.05, 0) is 12.1 Å². The van der Waals surface area contributed by atoms with Crippen LogP contribution in [0.4, 0.5) is 14.9 Å². The number of nitrogens with zero attached hydrogens (tertiary/aromatic N) is 1. The molecule has 4 nitrogen and oxygen atoms in total. The Balaban J connectivity index is 2.40. The van der Waals surface area contributed by atoms with Crippen LogP contribution in [0.15, 0.2) is 18.2 Å². The van der Waals surface area contributed by atoms with Crippen molar-refractivity contribution in [3.8, 4) is 5.75 Å². The van der Waals surface area contributed by atoms with Crippen molar-refractivity contribution in [1.82, 2.24) is 0 Å². The van der Waals surface area contributed by atoms with Crippen molar-refractivity contribution in [3.63, 3.8) is 0 Å². The number of hydrogen-bond acceptors (Lipinski definition) is 3. The summed E-state index contributed by atoms with van der Waals surface area (Å²) in [5.41, 5.74) is 0.410. The Morgan fingerprint density at radius 2 is 2.40 bits per heavy atom. The van der Waals surface area contributed by atoms with Crippen molar-refractivity contribution in [2.24, 2.45) is 0 Å². The highest BCUT2D eigenvalue weighted by Crippen LogP contribution is 2.32. The summed E-state index contributed by atoms with van der Waals surface area (Å²) in [5, 5.41) is 0. The lowest BCUT2D eigenvalue weighted by Gasteiger charge is -2.28. The summed E-state index contributed by atoms with van der Waals surface area (Å²) >= 11 is 0. The van der Waals surface area contributed by atoms with Crippen LogP contribution >= 0.6 is 0 Å². The van der Waals surface area contributed by atoms with Crippen LogP contribution < -0.4 is 9.64 Å². The van der Waals surface area contributed by atoms with E-state index in [0.29, 0.717) is 24.6 Å². The third kappa shape index (κ3) is 1.72. The van der Waals surface area contributed by atoms with E-state index in [0.717, 1.165) is 0 Å². The van der Waals surface area contributed by atoms with Gasteiger partial charge in [-0.2, -0.15) is 0 Å². The smallest absolute Gasteiger partial charge is 0.414 e. The third-order valence-corrected chi connectivity index (χ3v) is 2.18. The molecule has 1 aromatic rings. The fourth-order valence-corrected chi connectivity index (χ4v) is 1.49. The second-order valence-corrected chi connectivity index (χ2v) is 3.08. The van der Waals surface area contributed by atoms with Gasteiger partial charge in [0.2, 0.25) is 0 Å². The Bertz CT molecular complexity index is 394. The highest BCUT2D eigenvalue weighted by Gasteiger charge is 2.24. The molecule has 1 aromatic carbocycles. The summed E-state index contributed by atoms with van der Waals surface area (Å²) in [7, 11) is 1.29.